The van der Waals surface area contributed by atoms with Gasteiger partial charge in [-0.15, -0.1) is 0 Å². The molecule has 0 aliphatic heterocycles. The Balaban J connectivity index is 2.09. The van der Waals surface area contributed by atoms with Gasteiger partial charge in [0.25, 0.3) is 0 Å². The number of hydrogen-bond acceptors (Lipinski definition) is 1. The van der Waals surface area contributed by atoms with Gasteiger partial charge in [0.1, 0.15) is 0 Å². The van der Waals surface area contributed by atoms with Gasteiger partial charge in [0, 0.05) is 12.3 Å². The maximum Gasteiger partial charge on any atom is 0.217 e. The molecule has 2 nitrogen and oxygen atoms in total. The fourth-order valence-electron chi connectivity index (χ4n) is 1.45. The number of hydrogen-bond donors (Lipinski definition) is 0. The monoisotopic (exact) mass is 134 g/mol. The molecule has 0 N–H and O–H groups in total. The average Bonchev–Trinajstić information content (AvgIpc) is 1.84. The van der Waals surface area contributed by atoms with Gasteiger partial charge in [0.2, 0.25) is 6.54 Å². The minimum absolute atomic E-state index is 0.607. The van der Waals surface area contributed by atoms with E-state index in [1.54, 1.807) is 0 Å². The molecule has 10 heavy (non-hydrogen) atoms. The third kappa shape index (κ3) is 1.48. The Bertz CT molecular complexity index is 158. The molecule has 0 spiro atoms. The van der Waals surface area contributed by atoms with Crippen LogP contribution in [0.5, 0.6) is 0 Å². The summed E-state index contributed by atoms with van der Waals surface area (Å²) in [7, 11) is 0. The molecule has 2 heteroatoms. The van der Waals surface area contributed by atoms with Crippen molar-refractivity contribution in [2.75, 3.05) is 6.54 Å². The van der Waals surface area contributed by atoms with Crippen LogP contribution in [-0.2, 0) is 0 Å². The van der Waals surface area contributed by atoms with Gasteiger partial charge in [-0.25, -0.2) is 6.57 Å². The Morgan fingerprint density at radius 2 is 2.20 bits per heavy atom. The first-order valence-electron chi connectivity index (χ1n) is 3.57. The molecule has 0 atom stereocenters. The van der Waals surface area contributed by atoms with E-state index in [1.807, 2.05) is 0 Å². The smallest absolute Gasteiger partial charge is 0.217 e. The zero-order chi connectivity index (χ0) is 7.40. The molecule has 0 bridgehead atoms. The second kappa shape index (κ2) is 3.22. The van der Waals surface area contributed by atoms with Gasteiger partial charge < -0.3 is 4.85 Å². The highest BCUT2D eigenvalue weighted by Crippen LogP contribution is 2.35. The molecule has 0 aromatic rings. The quantitative estimate of drug-likeness (QED) is 0.529. The molecule has 0 saturated heterocycles. The van der Waals surface area contributed by atoms with Crippen LogP contribution in [0.15, 0.2) is 0 Å². The van der Waals surface area contributed by atoms with Gasteiger partial charge in [-0.05, 0) is 18.8 Å². The molecule has 1 aliphatic rings. The zero-order valence-corrected chi connectivity index (χ0v) is 5.88. The van der Waals surface area contributed by atoms with E-state index in [0.29, 0.717) is 24.8 Å². The minimum atomic E-state index is 0.607. The van der Waals surface area contributed by atoms with Gasteiger partial charge in [0.15, 0.2) is 0 Å². The summed E-state index contributed by atoms with van der Waals surface area (Å²) < 4.78 is 0. The normalized spacial score (nSPS) is 29.8. The fraction of sp³-hybridized carbons (Fsp3) is 0.750. The van der Waals surface area contributed by atoms with Crippen molar-refractivity contribution in [3.8, 4) is 6.07 Å². The van der Waals surface area contributed by atoms with Gasteiger partial charge in [-0.3, -0.25) is 0 Å². The Labute approximate surface area is 61.3 Å². The molecule has 52 valence electrons. The minimum Gasteiger partial charge on any atom is -0.317 e. The fourth-order valence-corrected chi connectivity index (χ4v) is 1.45. The Morgan fingerprint density at radius 1 is 1.50 bits per heavy atom. The van der Waals surface area contributed by atoms with Gasteiger partial charge in [-0.1, -0.05) is 0 Å². The molecule has 0 amide bonds. The maximum atomic E-state index is 8.31. The summed E-state index contributed by atoms with van der Waals surface area (Å²) >= 11 is 0. The van der Waals surface area contributed by atoms with Crippen LogP contribution in [0.1, 0.15) is 19.3 Å². The van der Waals surface area contributed by atoms with E-state index in [4.69, 9.17) is 11.8 Å². The van der Waals surface area contributed by atoms with Crippen LogP contribution in [0.2, 0.25) is 0 Å². The van der Waals surface area contributed by atoms with E-state index in [0.717, 1.165) is 12.8 Å². The lowest BCUT2D eigenvalue weighted by atomic mass is 9.74. The van der Waals surface area contributed by atoms with Crippen molar-refractivity contribution in [2.45, 2.75) is 19.3 Å². The van der Waals surface area contributed by atoms with Crippen LogP contribution in [0.25, 0.3) is 4.85 Å². The predicted molar refractivity (Wildman–Crippen MR) is 37.9 cm³/mol. The Hall–Kier alpha value is -1.02. The van der Waals surface area contributed by atoms with Crippen molar-refractivity contribution < 1.29 is 0 Å². The lowest BCUT2D eigenvalue weighted by molar-refractivity contribution is 0.213. The van der Waals surface area contributed by atoms with Crippen molar-refractivity contribution in [3.63, 3.8) is 0 Å². The van der Waals surface area contributed by atoms with Crippen molar-refractivity contribution in [3.05, 3.63) is 11.4 Å². The number of nitrogens with zero attached hydrogens (tertiary/aromatic N) is 2. The predicted octanol–water partition coefficient (Wildman–Crippen LogP) is 1.85. The molecule has 0 aromatic carbocycles. The topological polar surface area (TPSA) is 28.1 Å². The van der Waals surface area contributed by atoms with E-state index in [1.165, 1.54) is 0 Å². The summed E-state index contributed by atoms with van der Waals surface area (Å²) in [5.74, 6) is 1.22. The second-order valence-electron chi connectivity index (χ2n) is 2.91. The number of rotatable bonds is 2. The summed E-state index contributed by atoms with van der Waals surface area (Å²) in [4.78, 5) is 3.32. The lowest BCUT2D eigenvalue weighted by Crippen LogP contribution is -2.24. The largest absolute Gasteiger partial charge is 0.317 e. The van der Waals surface area contributed by atoms with Crippen LogP contribution in [0.4, 0.5) is 0 Å². The van der Waals surface area contributed by atoms with Crippen molar-refractivity contribution in [1.82, 2.24) is 0 Å². The van der Waals surface area contributed by atoms with Crippen molar-refractivity contribution in [2.24, 2.45) is 11.8 Å². The summed E-state index contributed by atoms with van der Waals surface area (Å²) in [6.45, 7) is 7.27. The molecule has 1 rings (SSSR count). The maximum absolute atomic E-state index is 8.31. The second-order valence-corrected chi connectivity index (χ2v) is 2.91. The van der Waals surface area contributed by atoms with Gasteiger partial charge >= 0.3 is 0 Å². The van der Waals surface area contributed by atoms with Crippen molar-refractivity contribution >= 4 is 0 Å². The summed E-state index contributed by atoms with van der Waals surface area (Å²) in [6.07, 6.45) is 2.90. The first-order valence-corrected chi connectivity index (χ1v) is 3.57. The molecule has 1 fully saturated rings. The average molecular weight is 134 g/mol. The molecular formula is C8H10N2. The van der Waals surface area contributed by atoms with Crippen LogP contribution in [0, 0.1) is 29.7 Å². The SMILES string of the molecule is [C-]#[N+]CC1CC(CC#N)C1. The molecular weight excluding hydrogens is 124 g/mol. The molecule has 0 unspecified atom stereocenters. The first kappa shape index (κ1) is 7.09. The van der Waals surface area contributed by atoms with Gasteiger partial charge in [0.05, 0.1) is 6.07 Å². The van der Waals surface area contributed by atoms with Gasteiger partial charge in [-0.2, -0.15) is 5.26 Å². The highest BCUT2D eigenvalue weighted by atomic mass is 14.6. The third-order valence-corrected chi connectivity index (χ3v) is 2.06. The summed E-state index contributed by atoms with van der Waals surface area (Å²) in [5.41, 5.74) is 0. The van der Waals surface area contributed by atoms with E-state index >= 15 is 0 Å². The number of nitriles is 1. The van der Waals surface area contributed by atoms with Crippen LogP contribution < -0.4 is 0 Å². The summed E-state index contributed by atoms with van der Waals surface area (Å²) in [6, 6.07) is 2.15. The molecule has 1 saturated carbocycles. The van der Waals surface area contributed by atoms with Crippen LogP contribution in [-0.4, -0.2) is 6.54 Å². The zero-order valence-electron chi connectivity index (χ0n) is 5.88. The third-order valence-electron chi connectivity index (χ3n) is 2.06. The van der Waals surface area contributed by atoms with Crippen LogP contribution in [0.3, 0.4) is 0 Å². The van der Waals surface area contributed by atoms with E-state index in [-0.39, 0.29) is 0 Å². The van der Waals surface area contributed by atoms with Crippen LogP contribution >= 0.6 is 0 Å². The Kier molecular flexibility index (Phi) is 2.29. The highest BCUT2D eigenvalue weighted by molar-refractivity contribution is 4.89. The molecule has 0 aromatic heterocycles. The Morgan fingerprint density at radius 3 is 2.70 bits per heavy atom. The summed E-state index contributed by atoms with van der Waals surface area (Å²) in [5, 5.41) is 8.31. The molecule has 0 heterocycles. The highest BCUT2D eigenvalue weighted by Gasteiger charge is 2.30. The van der Waals surface area contributed by atoms with E-state index < -0.39 is 0 Å². The molecule has 0 radical (unpaired) electrons. The first-order chi connectivity index (χ1) is 4.86. The molecule has 1 aliphatic carbocycles. The standard InChI is InChI=1S/C8H10N2/c1-10-6-8-4-7(5-8)2-3-9/h7-8H,2,4-6H2. The lowest BCUT2D eigenvalue weighted by Gasteiger charge is -2.29. The van der Waals surface area contributed by atoms with E-state index in [2.05, 4.69) is 10.9 Å². The van der Waals surface area contributed by atoms with E-state index in [9.17, 15) is 0 Å². The van der Waals surface area contributed by atoms with Crippen molar-refractivity contribution in [1.29, 1.82) is 5.26 Å².